The summed E-state index contributed by atoms with van der Waals surface area (Å²) in [6, 6.07) is 52.2. The van der Waals surface area contributed by atoms with E-state index in [4.69, 9.17) is 29.8 Å². The van der Waals surface area contributed by atoms with Crippen LogP contribution in [0.3, 0.4) is 0 Å². The van der Waals surface area contributed by atoms with Crippen molar-refractivity contribution in [2.24, 2.45) is 0 Å². The molecule has 8 aromatic rings. The number of aromatic nitrogens is 4. The number of aliphatic hydroxyl groups is 1. The Morgan fingerprint density at radius 3 is 1.85 bits per heavy atom. The maximum atomic E-state index is 8.40. The molecule has 0 bridgehead atoms. The standard InChI is InChI=1S/C43H25N4.C5H8O2.Ir/c1-4-13-26(14-5-1)36-30-20-11-10-19-29(30)32-23-24-34-37(39(32)36)33-22-12-21-31-35(25-44-40(34)38(31)33)43-46-41(27-15-6-2-7-16-27)45-42(47-43)28-17-8-3-9-18-28;1-4(6)3-5(2)7;/h1-23,25,36H;3,6H,1-2H3;/q-1;;/p+1/b;4-3-;. The van der Waals surface area contributed by atoms with Gasteiger partial charge in [-0.1, -0.05) is 156 Å². The fourth-order valence-electron chi connectivity index (χ4n) is 7.80. The Morgan fingerprint density at radius 2 is 1.24 bits per heavy atom. The van der Waals surface area contributed by atoms with Gasteiger partial charge in [0.1, 0.15) is 0 Å². The number of ketones is 1. The van der Waals surface area contributed by atoms with Gasteiger partial charge in [0.05, 0.1) is 18.8 Å². The molecule has 0 amide bonds. The third-order valence-electron chi connectivity index (χ3n) is 9.93. The molecule has 1 radical (unpaired) electrons. The Morgan fingerprint density at radius 1 is 0.655 bits per heavy atom. The van der Waals surface area contributed by atoms with Crippen LogP contribution in [0, 0.1) is 6.07 Å². The zero-order valence-electron chi connectivity index (χ0n) is 30.0. The average molecular weight is 891 g/mol. The van der Waals surface area contributed by atoms with Crippen LogP contribution in [-0.4, -0.2) is 35.6 Å². The number of allylic oxidation sites excluding steroid dienone is 2. The molecule has 0 spiro atoms. The SMILES string of the molecule is CC(=[OH+])/C=C(/C)O.[Ir].[c-]1cc2c(c3c1-c1ncc(-c4nc(-c5ccccc5)nc(-c5ccccc5)n4)c4cccc-3c14)C(c1ccccc1)c1ccccc1-2. The molecule has 2 N–H and O–H groups in total. The predicted molar refractivity (Wildman–Crippen MR) is 217 cm³/mol. The van der Waals surface area contributed by atoms with Gasteiger partial charge in [-0.2, -0.15) is 0 Å². The van der Waals surface area contributed by atoms with Gasteiger partial charge in [0, 0.05) is 48.9 Å². The van der Waals surface area contributed by atoms with Crippen molar-refractivity contribution in [1.29, 1.82) is 0 Å². The molecule has 267 valence electrons. The molecule has 6 aromatic carbocycles. The van der Waals surface area contributed by atoms with E-state index in [2.05, 4.69) is 84.9 Å². The molecule has 1 unspecified atom stereocenters. The number of pyridine rings is 1. The van der Waals surface area contributed by atoms with Gasteiger partial charge in [0.15, 0.2) is 17.5 Å². The minimum Gasteiger partial charge on any atom is -0.512 e. The fraction of sp³-hybridized carbons (Fsp3) is 0.0625. The van der Waals surface area contributed by atoms with Crippen molar-refractivity contribution in [3.05, 3.63) is 180 Å². The molecule has 2 aliphatic carbocycles. The molecule has 6 nitrogen and oxygen atoms in total. The van der Waals surface area contributed by atoms with E-state index < -0.39 is 0 Å². The van der Waals surface area contributed by atoms with E-state index in [0.717, 1.165) is 38.7 Å². The van der Waals surface area contributed by atoms with Crippen LogP contribution in [0.1, 0.15) is 36.5 Å². The number of aliphatic hydroxyl groups excluding tert-OH is 1. The van der Waals surface area contributed by atoms with Crippen LogP contribution in [0.2, 0.25) is 0 Å². The molecule has 0 fully saturated rings. The fourth-order valence-corrected chi connectivity index (χ4v) is 7.80. The number of carbonyl (C=O) groups excluding carboxylic acids is 1. The van der Waals surface area contributed by atoms with E-state index in [1.54, 1.807) is 0 Å². The Hall–Kier alpha value is -6.40. The summed E-state index contributed by atoms with van der Waals surface area (Å²) >= 11 is 0. The number of benzene rings is 6. The minimum absolute atomic E-state index is 0. The molecule has 2 heterocycles. The third-order valence-corrected chi connectivity index (χ3v) is 9.93. The van der Waals surface area contributed by atoms with Crippen molar-refractivity contribution in [2.75, 3.05) is 0 Å². The maximum Gasteiger partial charge on any atom is 0.316 e. The first-order valence-corrected chi connectivity index (χ1v) is 17.9. The summed E-state index contributed by atoms with van der Waals surface area (Å²) in [4.78, 5) is 28.5. The van der Waals surface area contributed by atoms with Gasteiger partial charge >= 0.3 is 5.78 Å². The van der Waals surface area contributed by atoms with Gasteiger partial charge in [0.2, 0.25) is 0 Å². The summed E-state index contributed by atoms with van der Waals surface area (Å²) in [7, 11) is 0. The molecular weight excluding hydrogens is 857 g/mol. The molecular formula is C48H34IrN4O2. The molecule has 2 aliphatic rings. The van der Waals surface area contributed by atoms with Crippen LogP contribution in [-0.2, 0) is 20.1 Å². The van der Waals surface area contributed by atoms with E-state index in [1.807, 2.05) is 66.9 Å². The molecule has 55 heavy (non-hydrogen) atoms. The third kappa shape index (κ3) is 6.38. The smallest absolute Gasteiger partial charge is 0.316 e. The monoisotopic (exact) mass is 891 g/mol. The maximum absolute atomic E-state index is 8.40. The molecule has 0 saturated carbocycles. The zero-order chi connectivity index (χ0) is 36.8. The van der Waals surface area contributed by atoms with Gasteiger partial charge in [-0.3, -0.25) is 4.79 Å². The molecule has 10 rings (SSSR count). The summed E-state index contributed by atoms with van der Waals surface area (Å²) in [6.45, 7) is 3.00. The van der Waals surface area contributed by atoms with Crippen molar-refractivity contribution in [3.8, 4) is 67.7 Å². The molecule has 0 saturated heterocycles. The van der Waals surface area contributed by atoms with Gasteiger partial charge in [0.25, 0.3) is 0 Å². The normalized spacial score (nSPS) is 13.2. The van der Waals surface area contributed by atoms with Crippen molar-refractivity contribution in [3.63, 3.8) is 0 Å². The number of rotatable bonds is 5. The van der Waals surface area contributed by atoms with Gasteiger partial charge in [-0.05, 0) is 34.5 Å². The summed E-state index contributed by atoms with van der Waals surface area (Å²) in [5.41, 5.74) is 13.7. The van der Waals surface area contributed by atoms with Gasteiger partial charge in [-0.25, -0.2) is 15.0 Å². The quantitative estimate of drug-likeness (QED) is 0.0804. The topological polar surface area (TPSA) is 93.2 Å². The Bertz CT molecular complexity index is 2710. The average Bonchev–Trinajstić information content (AvgIpc) is 3.72. The van der Waals surface area contributed by atoms with Crippen LogP contribution >= 0.6 is 0 Å². The Balaban J connectivity index is 0.000000491. The minimum atomic E-state index is 0. The van der Waals surface area contributed by atoms with E-state index in [9.17, 15) is 0 Å². The predicted octanol–water partition coefficient (Wildman–Crippen LogP) is 11.0. The number of nitrogens with zero attached hydrogens (tertiary/aromatic N) is 4. The number of fused-ring (bicyclic) bond motifs is 7. The van der Waals surface area contributed by atoms with Crippen LogP contribution in [0.15, 0.2) is 158 Å². The van der Waals surface area contributed by atoms with Crippen molar-refractivity contribution in [1.82, 2.24) is 19.9 Å². The number of hydrogen-bond donors (Lipinski definition) is 1. The van der Waals surface area contributed by atoms with Crippen molar-refractivity contribution >= 4 is 16.6 Å². The molecule has 2 aromatic heterocycles. The van der Waals surface area contributed by atoms with E-state index in [-0.39, 0.29) is 37.6 Å². The molecule has 1 atom stereocenters. The first-order valence-electron chi connectivity index (χ1n) is 17.9. The second-order valence-electron chi connectivity index (χ2n) is 13.5. The number of hydrogen-bond acceptors (Lipinski definition) is 5. The summed E-state index contributed by atoms with van der Waals surface area (Å²) in [6.07, 6.45) is 3.21. The second kappa shape index (κ2) is 14.8. The summed E-state index contributed by atoms with van der Waals surface area (Å²) in [5.74, 6) is 2.25. The molecule has 7 heteroatoms. The van der Waals surface area contributed by atoms with Gasteiger partial charge in [-0.15, -0.1) is 23.3 Å². The van der Waals surface area contributed by atoms with Crippen LogP contribution in [0.25, 0.3) is 78.4 Å². The van der Waals surface area contributed by atoms with Crippen molar-refractivity contribution < 1.29 is 30.0 Å². The van der Waals surface area contributed by atoms with Crippen molar-refractivity contribution in [2.45, 2.75) is 19.8 Å². The first kappa shape index (κ1) is 35.6. The van der Waals surface area contributed by atoms with Gasteiger partial charge < -0.3 is 10.1 Å². The Labute approximate surface area is 332 Å². The van der Waals surface area contributed by atoms with Crippen LogP contribution in [0.5, 0.6) is 0 Å². The largest absolute Gasteiger partial charge is 0.512 e. The summed E-state index contributed by atoms with van der Waals surface area (Å²) < 4.78 is 0. The van der Waals surface area contributed by atoms with E-state index >= 15 is 0 Å². The summed E-state index contributed by atoms with van der Waals surface area (Å²) in [5, 5.41) is 10.6. The Kier molecular flexibility index (Phi) is 9.58. The van der Waals surface area contributed by atoms with E-state index in [1.165, 1.54) is 58.9 Å². The second-order valence-corrected chi connectivity index (χ2v) is 13.5. The first-order chi connectivity index (χ1) is 26.5. The zero-order valence-corrected chi connectivity index (χ0v) is 32.4. The van der Waals surface area contributed by atoms with E-state index in [0.29, 0.717) is 17.5 Å². The van der Waals surface area contributed by atoms with Crippen LogP contribution in [0.4, 0.5) is 0 Å². The van der Waals surface area contributed by atoms with Crippen LogP contribution < -0.4 is 0 Å². The molecule has 0 aliphatic heterocycles.